The van der Waals surface area contributed by atoms with Crippen LogP contribution in [0.25, 0.3) is 11.2 Å². The van der Waals surface area contributed by atoms with Crippen LogP contribution in [0, 0.1) is 5.41 Å². The van der Waals surface area contributed by atoms with Gasteiger partial charge in [0.25, 0.3) is 0 Å². The minimum atomic E-state index is -5.63. The Hall–Kier alpha value is -2.74. The molecule has 0 spiro atoms. The highest BCUT2D eigenvalue weighted by Gasteiger charge is 2.50. The summed E-state index contributed by atoms with van der Waals surface area (Å²) in [5, 5.41) is 35.3. The van der Waals surface area contributed by atoms with Crippen LogP contribution in [0.2, 0.25) is 0 Å². The molecule has 0 aromatic carbocycles. The first kappa shape index (κ1) is 47.6. The number of nitrogen functional groups attached to an aromatic ring is 1. The number of amides is 2. The number of phosphoric acid groups is 3. The normalized spacial score (nSPS) is 21.8. The van der Waals surface area contributed by atoms with Gasteiger partial charge in [-0.05, 0) is 18.9 Å². The van der Waals surface area contributed by atoms with Gasteiger partial charge in [-0.1, -0.05) is 19.9 Å². The quantitative estimate of drug-likeness (QED) is 0.0206. The molecule has 2 aromatic rings. The minimum Gasteiger partial charge on any atom is -0.396 e. The molecule has 11 N–H and O–H groups in total. The Morgan fingerprint density at radius 2 is 1.79 bits per heavy atom. The Morgan fingerprint density at radius 1 is 1.11 bits per heavy atom. The van der Waals surface area contributed by atoms with Crippen molar-refractivity contribution in [2.45, 2.75) is 63.8 Å². The molecule has 2 aromatic heterocycles. The lowest BCUT2D eigenvalue weighted by Gasteiger charge is -2.30. The maximum absolute atomic E-state index is 12.7. The van der Waals surface area contributed by atoms with E-state index in [1.807, 2.05) is 0 Å². The molecule has 2 unspecified atom stereocenters. The number of fused-ring (bicyclic) bond motifs is 1. The number of allylic oxidation sites excluding steroid dienone is 2. The largest absolute Gasteiger partial charge is 0.481 e. The van der Waals surface area contributed by atoms with Gasteiger partial charge in [0.1, 0.15) is 29.9 Å². The van der Waals surface area contributed by atoms with Crippen LogP contribution in [-0.4, -0.2) is 135 Å². The van der Waals surface area contributed by atoms with Crippen molar-refractivity contribution in [1.29, 1.82) is 0 Å². The van der Waals surface area contributed by atoms with E-state index in [4.69, 9.17) is 24.6 Å². The standard InChI is InChI=1S/C27H44N7O18P3S/c1-27(2,21(39)25(40)30-8-7-17(37)29-9-11-56)13-49-55(46,47)52-54(44,45)48-12-16-20(51-53(41,42)43)19(38)26(50-16)34-14-31-18-22(28)32-23(33-24(18)34)15(36)6-4-3-5-10-35/h4,6,14,16,19-21,26,35,38-39,56H,3,5,7-13H2,1-2H3,(H,29,37)(H,30,40)(H,44,45)(H,46,47)(H2,28,32,33)(H2,41,42,43)/t16-,19-,20-,21+,26-/m1/s1. The zero-order chi connectivity index (χ0) is 42.1. The van der Waals surface area contributed by atoms with Crippen LogP contribution < -0.4 is 16.4 Å². The van der Waals surface area contributed by atoms with Crippen molar-refractivity contribution >= 4 is 70.7 Å². The molecule has 25 nitrogen and oxygen atoms in total. The van der Waals surface area contributed by atoms with Crippen molar-refractivity contribution in [1.82, 2.24) is 30.2 Å². The number of anilines is 1. The van der Waals surface area contributed by atoms with Crippen LogP contribution in [0.15, 0.2) is 18.5 Å². The summed E-state index contributed by atoms with van der Waals surface area (Å²) in [6.45, 7) is 0.432. The summed E-state index contributed by atoms with van der Waals surface area (Å²) in [6.07, 6.45) is -5.12. The summed E-state index contributed by atoms with van der Waals surface area (Å²) in [6, 6.07) is 0. The number of hydrogen-bond acceptors (Lipinski definition) is 19. The van der Waals surface area contributed by atoms with Crippen molar-refractivity contribution < 1.29 is 85.6 Å². The van der Waals surface area contributed by atoms with Crippen LogP contribution in [0.3, 0.4) is 0 Å². The van der Waals surface area contributed by atoms with Gasteiger partial charge in [-0.15, -0.1) is 0 Å². The van der Waals surface area contributed by atoms with Gasteiger partial charge in [0.2, 0.25) is 23.4 Å². The maximum atomic E-state index is 12.7. The van der Waals surface area contributed by atoms with Gasteiger partial charge >= 0.3 is 23.5 Å². The van der Waals surface area contributed by atoms with Crippen molar-refractivity contribution in [3.05, 3.63) is 24.3 Å². The van der Waals surface area contributed by atoms with Crippen molar-refractivity contribution in [3.63, 3.8) is 0 Å². The molecule has 316 valence electrons. The van der Waals surface area contributed by atoms with Gasteiger partial charge in [-0.3, -0.25) is 32.5 Å². The number of aromatic nitrogens is 4. The smallest absolute Gasteiger partial charge is 0.396 e. The summed E-state index contributed by atoms with van der Waals surface area (Å²) in [5.41, 5.74) is 4.06. The van der Waals surface area contributed by atoms with E-state index in [1.54, 1.807) is 0 Å². The first-order chi connectivity index (χ1) is 26.0. The molecule has 7 atom stereocenters. The molecule has 0 bridgehead atoms. The fourth-order valence-electron chi connectivity index (χ4n) is 4.79. The Bertz CT molecular complexity index is 1880. The first-order valence-electron chi connectivity index (χ1n) is 16.4. The Balaban J connectivity index is 1.70. The third-order valence-corrected chi connectivity index (χ3v) is 10.9. The number of nitrogens with two attached hydrogens (primary N) is 1. The second-order valence-corrected chi connectivity index (χ2v) is 17.3. The summed E-state index contributed by atoms with van der Waals surface area (Å²) in [7, 11) is -16.6. The number of carbonyl (C=O) groups is 3. The second kappa shape index (κ2) is 20.3. The van der Waals surface area contributed by atoms with Gasteiger partial charge in [0, 0.05) is 37.3 Å². The molecular formula is C27H44N7O18P3S. The lowest BCUT2D eigenvalue weighted by atomic mass is 9.87. The number of unbranched alkanes of at least 4 members (excludes halogenated alkanes) is 1. The molecule has 2 amide bonds. The predicted octanol–water partition coefficient (Wildman–Crippen LogP) is -1.15. The van der Waals surface area contributed by atoms with Crippen LogP contribution in [0.5, 0.6) is 0 Å². The number of nitrogens with zero attached hydrogens (tertiary/aromatic N) is 4. The Labute approximate surface area is 323 Å². The molecular weight excluding hydrogens is 835 g/mol. The first-order valence-corrected chi connectivity index (χ1v) is 21.5. The fourth-order valence-corrected chi connectivity index (χ4v) is 7.73. The number of aliphatic hydroxyl groups is 3. The van der Waals surface area contributed by atoms with Gasteiger partial charge in [-0.2, -0.15) is 16.9 Å². The van der Waals surface area contributed by atoms with E-state index < -0.39 is 90.3 Å². The highest BCUT2D eigenvalue weighted by Crippen LogP contribution is 2.61. The SMILES string of the molecule is CC(C)(COP(=O)(O)OP(=O)(O)OC[C@H]1O[C@@H](n2cnc3c(N)nc(C(=O)C=CCCCO)nc32)[C@H](O)[C@@H]1OP(=O)(O)O)[C@@H](O)C(=O)NCCC(=O)NCCS. The van der Waals surface area contributed by atoms with Crippen LogP contribution in [0.4, 0.5) is 5.82 Å². The van der Waals surface area contributed by atoms with E-state index in [1.165, 1.54) is 19.9 Å². The average Bonchev–Trinajstić information content (AvgIpc) is 3.66. The average molecular weight is 880 g/mol. The Morgan fingerprint density at radius 3 is 2.43 bits per heavy atom. The predicted molar refractivity (Wildman–Crippen MR) is 193 cm³/mol. The lowest BCUT2D eigenvalue weighted by Crippen LogP contribution is -2.46. The highest BCUT2D eigenvalue weighted by atomic mass is 32.1. The van der Waals surface area contributed by atoms with Gasteiger partial charge in [-0.25, -0.2) is 28.6 Å². The highest BCUT2D eigenvalue weighted by molar-refractivity contribution is 7.80. The number of ether oxygens (including phenoxy) is 1. The molecule has 1 fully saturated rings. The van der Waals surface area contributed by atoms with Crippen molar-refractivity contribution in [3.8, 4) is 0 Å². The van der Waals surface area contributed by atoms with Crippen LogP contribution in [0.1, 0.15) is 50.0 Å². The number of thiol groups is 1. The van der Waals surface area contributed by atoms with Crippen LogP contribution in [-0.2, 0) is 45.9 Å². The van der Waals surface area contributed by atoms with E-state index >= 15 is 0 Å². The number of nitrogens with one attached hydrogen (secondary N) is 2. The summed E-state index contributed by atoms with van der Waals surface area (Å²) >= 11 is 3.95. The second-order valence-electron chi connectivity index (χ2n) is 12.6. The number of imidazole rings is 1. The monoisotopic (exact) mass is 879 g/mol. The van der Waals surface area contributed by atoms with Crippen molar-refractivity contribution in [2.75, 3.05) is 44.4 Å². The third-order valence-electron chi connectivity index (χ3n) is 7.59. The third kappa shape index (κ3) is 14.0. The van der Waals surface area contributed by atoms with Crippen molar-refractivity contribution in [2.24, 2.45) is 5.41 Å². The van der Waals surface area contributed by atoms with E-state index in [0.717, 1.165) is 17.0 Å². The van der Waals surface area contributed by atoms with Crippen LogP contribution >= 0.6 is 36.1 Å². The van der Waals surface area contributed by atoms with Gasteiger partial charge in [0.15, 0.2) is 17.7 Å². The van der Waals surface area contributed by atoms with Gasteiger partial charge in [0.05, 0.1) is 19.5 Å². The van der Waals surface area contributed by atoms with Gasteiger partial charge < -0.3 is 56.0 Å². The number of ketones is 1. The molecule has 1 saturated heterocycles. The van der Waals surface area contributed by atoms with E-state index in [0.29, 0.717) is 25.1 Å². The fraction of sp³-hybridized carbons (Fsp3) is 0.630. The van der Waals surface area contributed by atoms with E-state index in [9.17, 15) is 57.9 Å². The topological polar surface area (TPSA) is 384 Å². The maximum Gasteiger partial charge on any atom is 0.481 e. The zero-order valence-corrected chi connectivity index (χ0v) is 33.3. The Kier molecular flexibility index (Phi) is 17.3. The number of aliphatic hydroxyl groups excluding tert-OH is 3. The van der Waals surface area contributed by atoms with E-state index in [2.05, 4.69) is 47.0 Å². The molecule has 3 rings (SSSR count). The summed E-state index contributed by atoms with van der Waals surface area (Å²) in [4.78, 5) is 88.2. The molecule has 1 aliphatic heterocycles. The lowest BCUT2D eigenvalue weighted by molar-refractivity contribution is -0.137. The molecule has 29 heteroatoms. The summed E-state index contributed by atoms with van der Waals surface area (Å²) < 4.78 is 62.3. The molecule has 0 saturated carbocycles. The minimum absolute atomic E-state index is 0.0818. The number of rotatable bonds is 23. The molecule has 1 aliphatic rings. The number of carbonyl (C=O) groups excluding carboxylic acids is 3. The van der Waals surface area contributed by atoms with E-state index in [-0.39, 0.29) is 42.5 Å². The molecule has 0 aliphatic carbocycles. The molecule has 3 heterocycles. The number of hydrogen-bond donors (Lipinski definition) is 11. The summed E-state index contributed by atoms with van der Waals surface area (Å²) in [5.74, 6) is -2.34. The molecule has 56 heavy (non-hydrogen) atoms. The molecule has 0 radical (unpaired) electrons. The number of phosphoric ester groups is 3. The zero-order valence-electron chi connectivity index (χ0n) is 29.8.